The molecule has 0 spiro atoms. The Hall–Kier alpha value is -2.17. The first-order chi connectivity index (χ1) is 8.72. The van der Waals surface area contributed by atoms with Crippen LogP contribution in [0.4, 0.5) is 6.01 Å². The van der Waals surface area contributed by atoms with Gasteiger partial charge in [-0.05, 0) is 31.9 Å². The van der Waals surface area contributed by atoms with E-state index in [1.165, 1.54) is 0 Å². The molecule has 1 heterocycles. The molecule has 0 saturated heterocycles. The molecule has 18 heavy (non-hydrogen) atoms. The van der Waals surface area contributed by atoms with Crippen molar-refractivity contribution < 1.29 is 9.21 Å². The third kappa shape index (κ3) is 2.25. The summed E-state index contributed by atoms with van der Waals surface area (Å²) in [5.74, 6) is 0.776. The van der Waals surface area contributed by atoms with Crippen LogP contribution in [0.1, 0.15) is 40.6 Å². The smallest absolute Gasteiger partial charge is 0.322 e. The van der Waals surface area contributed by atoms with Crippen molar-refractivity contribution in [2.75, 3.05) is 5.32 Å². The first kappa shape index (κ1) is 11.0. The van der Waals surface area contributed by atoms with Crippen LogP contribution >= 0.6 is 0 Å². The second-order valence-electron chi connectivity index (χ2n) is 4.54. The Morgan fingerprint density at radius 2 is 2.00 bits per heavy atom. The van der Waals surface area contributed by atoms with Gasteiger partial charge in [0, 0.05) is 11.5 Å². The molecular formula is C13H13N3O2. The average Bonchev–Trinajstić information content (AvgIpc) is 3.11. The second kappa shape index (κ2) is 4.25. The van der Waals surface area contributed by atoms with E-state index in [1.54, 1.807) is 12.1 Å². The predicted molar refractivity (Wildman–Crippen MR) is 65.4 cm³/mol. The Bertz CT molecular complexity index is 570. The Kier molecular flexibility index (Phi) is 2.59. The summed E-state index contributed by atoms with van der Waals surface area (Å²) in [4.78, 5) is 11.9. The highest BCUT2D eigenvalue weighted by Crippen LogP contribution is 2.39. The van der Waals surface area contributed by atoms with Crippen LogP contribution in [-0.2, 0) is 0 Å². The van der Waals surface area contributed by atoms with Gasteiger partial charge in [-0.3, -0.25) is 10.1 Å². The fraction of sp³-hybridized carbons (Fsp3) is 0.308. The third-order valence-corrected chi connectivity index (χ3v) is 2.90. The summed E-state index contributed by atoms with van der Waals surface area (Å²) < 4.78 is 5.37. The molecule has 0 unspecified atom stereocenters. The van der Waals surface area contributed by atoms with Crippen molar-refractivity contribution in [3.05, 3.63) is 41.3 Å². The van der Waals surface area contributed by atoms with Crippen molar-refractivity contribution >= 4 is 11.9 Å². The maximum atomic E-state index is 11.9. The zero-order valence-corrected chi connectivity index (χ0v) is 10.0. The second-order valence-corrected chi connectivity index (χ2v) is 4.54. The fourth-order valence-electron chi connectivity index (χ4n) is 1.65. The van der Waals surface area contributed by atoms with Crippen LogP contribution in [0.2, 0.25) is 0 Å². The van der Waals surface area contributed by atoms with E-state index in [0.717, 1.165) is 18.4 Å². The van der Waals surface area contributed by atoms with Crippen molar-refractivity contribution in [2.45, 2.75) is 25.7 Å². The van der Waals surface area contributed by atoms with Crippen molar-refractivity contribution in [2.24, 2.45) is 0 Å². The number of anilines is 1. The predicted octanol–water partition coefficient (Wildman–Crippen LogP) is 2.51. The highest BCUT2D eigenvalue weighted by atomic mass is 16.4. The topological polar surface area (TPSA) is 68.0 Å². The number of nitrogens with one attached hydrogen (secondary N) is 1. The summed E-state index contributed by atoms with van der Waals surface area (Å²) in [7, 11) is 0. The first-order valence-corrected chi connectivity index (χ1v) is 5.94. The minimum atomic E-state index is -0.235. The number of rotatable bonds is 3. The van der Waals surface area contributed by atoms with Gasteiger partial charge in [-0.25, -0.2) is 0 Å². The van der Waals surface area contributed by atoms with E-state index in [4.69, 9.17) is 4.42 Å². The van der Waals surface area contributed by atoms with E-state index in [9.17, 15) is 4.79 Å². The molecule has 2 aromatic rings. The molecule has 5 heteroatoms. The highest BCUT2D eigenvalue weighted by molar-refractivity contribution is 6.03. The lowest BCUT2D eigenvalue weighted by atomic mass is 10.1. The Morgan fingerprint density at radius 3 is 2.67 bits per heavy atom. The normalized spacial score (nSPS) is 14.5. The molecule has 0 aliphatic heterocycles. The van der Waals surface area contributed by atoms with Crippen molar-refractivity contribution in [1.82, 2.24) is 10.2 Å². The molecule has 1 aliphatic carbocycles. The summed E-state index contributed by atoms with van der Waals surface area (Å²) in [6, 6.07) is 7.48. The van der Waals surface area contributed by atoms with Gasteiger partial charge in [0.1, 0.15) is 0 Å². The Morgan fingerprint density at radius 1 is 1.28 bits per heavy atom. The quantitative estimate of drug-likeness (QED) is 0.899. The van der Waals surface area contributed by atoms with Gasteiger partial charge >= 0.3 is 6.01 Å². The number of hydrogen-bond donors (Lipinski definition) is 1. The van der Waals surface area contributed by atoms with E-state index in [-0.39, 0.29) is 11.9 Å². The highest BCUT2D eigenvalue weighted by Gasteiger charge is 2.29. The average molecular weight is 243 g/mol. The number of amides is 1. The molecule has 3 rings (SSSR count). The van der Waals surface area contributed by atoms with Gasteiger partial charge in [-0.2, -0.15) is 0 Å². The Balaban J connectivity index is 1.70. The molecule has 1 aromatic carbocycles. The standard InChI is InChI=1S/C13H13N3O2/c1-8-2-4-9(5-3-8)11(17)14-13-16-15-12(18-13)10-6-7-10/h2-5,10H,6-7H2,1H3,(H,14,16,17). The van der Waals surface area contributed by atoms with Crippen molar-refractivity contribution in [3.63, 3.8) is 0 Å². The van der Waals surface area contributed by atoms with Gasteiger partial charge in [0.05, 0.1) is 0 Å². The molecule has 1 amide bonds. The number of nitrogens with zero attached hydrogens (tertiary/aromatic N) is 2. The molecule has 1 fully saturated rings. The van der Waals surface area contributed by atoms with Crippen LogP contribution < -0.4 is 5.32 Å². The summed E-state index contributed by atoms with van der Waals surface area (Å²) in [6.07, 6.45) is 2.18. The van der Waals surface area contributed by atoms with Gasteiger partial charge in [0.15, 0.2) is 0 Å². The van der Waals surface area contributed by atoms with E-state index in [0.29, 0.717) is 17.4 Å². The summed E-state index contributed by atoms with van der Waals surface area (Å²) in [5, 5.41) is 10.3. The number of carbonyl (C=O) groups excluding carboxylic acids is 1. The lowest BCUT2D eigenvalue weighted by molar-refractivity contribution is 0.102. The van der Waals surface area contributed by atoms with Crippen LogP contribution in [0.3, 0.4) is 0 Å². The number of carbonyl (C=O) groups is 1. The number of aryl methyl sites for hydroxylation is 1. The zero-order chi connectivity index (χ0) is 12.5. The monoisotopic (exact) mass is 243 g/mol. The summed E-state index contributed by atoms with van der Waals surface area (Å²) >= 11 is 0. The number of hydrogen-bond acceptors (Lipinski definition) is 4. The third-order valence-electron chi connectivity index (χ3n) is 2.90. The van der Waals surface area contributed by atoms with Gasteiger partial charge in [0.25, 0.3) is 5.91 Å². The molecule has 5 nitrogen and oxygen atoms in total. The molecule has 0 radical (unpaired) electrons. The van der Waals surface area contributed by atoms with Crippen LogP contribution in [0.25, 0.3) is 0 Å². The van der Waals surface area contributed by atoms with E-state index in [2.05, 4.69) is 15.5 Å². The van der Waals surface area contributed by atoms with Gasteiger partial charge in [-0.15, -0.1) is 5.10 Å². The SMILES string of the molecule is Cc1ccc(C(=O)Nc2nnc(C3CC3)o2)cc1. The fourth-order valence-corrected chi connectivity index (χ4v) is 1.65. The zero-order valence-electron chi connectivity index (χ0n) is 10.0. The molecule has 0 bridgehead atoms. The van der Waals surface area contributed by atoms with Crippen molar-refractivity contribution in [3.8, 4) is 0 Å². The first-order valence-electron chi connectivity index (χ1n) is 5.94. The molecule has 1 aromatic heterocycles. The molecule has 1 saturated carbocycles. The van der Waals surface area contributed by atoms with Gasteiger partial charge < -0.3 is 4.42 Å². The minimum absolute atomic E-state index is 0.169. The van der Waals surface area contributed by atoms with Gasteiger partial charge in [-0.1, -0.05) is 22.8 Å². The lowest BCUT2D eigenvalue weighted by Crippen LogP contribution is -2.11. The largest absolute Gasteiger partial charge is 0.408 e. The van der Waals surface area contributed by atoms with Crippen molar-refractivity contribution in [1.29, 1.82) is 0 Å². The van der Waals surface area contributed by atoms with E-state index < -0.39 is 0 Å². The summed E-state index contributed by atoms with van der Waals surface area (Å²) in [6.45, 7) is 1.97. The molecule has 1 N–H and O–H groups in total. The van der Waals surface area contributed by atoms with Crippen LogP contribution in [0.5, 0.6) is 0 Å². The Labute approximate surface area is 104 Å². The van der Waals surface area contributed by atoms with Crippen LogP contribution in [-0.4, -0.2) is 16.1 Å². The van der Waals surface area contributed by atoms with E-state index >= 15 is 0 Å². The summed E-state index contributed by atoms with van der Waals surface area (Å²) in [5.41, 5.74) is 1.69. The maximum absolute atomic E-state index is 11.9. The minimum Gasteiger partial charge on any atom is -0.408 e. The number of aromatic nitrogens is 2. The van der Waals surface area contributed by atoms with E-state index in [1.807, 2.05) is 19.1 Å². The lowest BCUT2D eigenvalue weighted by Gasteiger charge is -2.00. The molecule has 92 valence electrons. The molecular weight excluding hydrogens is 230 g/mol. The van der Waals surface area contributed by atoms with Crippen LogP contribution in [0.15, 0.2) is 28.7 Å². The van der Waals surface area contributed by atoms with Crippen LogP contribution in [0, 0.1) is 6.92 Å². The van der Waals surface area contributed by atoms with Gasteiger partial charge in [0.2, 0.25) is 5.89 Å². The molecule has 0 atom stereocenters. The maximum Gasteiger partial charge on any atom is 0.322 e. The number of benzene rings is 1. The molecule has 1 aliphatic rings.